The van der Waals surface area contributed by atoms with Crippen LogP contribution in [0.25, 0.3) is 11.1 Å². The fraction of sp³-hybridized carbons (Fsp3) is 0.138. The van der Waals surface area contributed by atoms with Gasteiger partial charge in [-0.2, -0.15) is 0 Å². The van der Waals surface area contributed by atoms with Gasteiger partial charge in [-0.1, -0.05) is 60.7 Å². The fourth-order valence-corrected chi connectivity index (χ4v) is 4.63. The molecule has 0 aliphatic heterocycles. The zero-order valence-electron chi connectivity index (χ0n) is 17.7. The minimum atomic E-state index is -0.0980. The summed E-state index contributed by atoms with van der Waals surface area (Å²) in [5.41, 5.74) is 7.38. The molecule has 1 aliphatic rings. The Hall–Kier alpha value is -3.85. The van der Waals surface area contributed by atoms with Crippen molar-refractivity contribution in [1.29, 1.82) is 0 Å². The molecule has 1 unspecified atom stereocenters. The smallest absolute Gasteiger partial charge is 0.166 e. The lowest BCUT2D eigenvalue weighted by atomic mass is 9.92. The molecule has 0 heterocycles. The van der Waals surface area contributed by atoms with E-state index in [2.05, 4.69) is 18.2 Å². The van der Waals surface area contributed by atoms with E-state index in [4.69, 9.17) is 0 Å². The van der Waals surface area contributed by atoms with Gasteiger partial charge in [-0.15, -0.1) is 0 Å². The second-order valence-corrected chi connectivity index (χ2v) is 8.51. The Morgan fingerprint density at radius 3 is 2.06 bits per heavy atom. The summed E-state index contributed by atoms with van der Waals surface area (Å²) in [7, 11) is 0. The molecule has 0 saturated heterocycles. The molecule has 4 aromatic rings. The molecular weight excluding hydrogens is 396 g/mol. The van der Waals surface area contributed by atoms with E-state index in [0.29, 0.717) is 6.42 Å². The molecule has 0 spiro atoms. The first-order valence-corrected chi connectivity index (χ1v) is 10.9. The van der Waals surface area contributed by atoms with Gasteiger partial charge < -0.3 is 10.2 Å². The van der Waals surface area contributed by atoms with Crippen molar-refractivity contribution in [2.24, 2.45) is 5.92 Å². The molecule has 0 saturated carbocycles. The van der Waals surface area contributed by atoms with Crippen molar-refractivity contribution in [2.75, 3.05) is 0 Å². The van der Waals surface area contributed by atoms with Crippen LogP contribution in [0.2, 0.25) is 0 Å². The molecule has 32 heavy (non-hydrogen) atoms. The minimum absolute atomic E-state index is 0.0980. The molecule has 4 aromatic carbocycles. The number of fused-ring (bicyclic) bond motifs is 1. The maximum atomic E-state index is 13.4. The lowest BCUT2D eigenvalue weighted by molar-refractivity contribution is 0.0936. The number of hydrogen-bond acceptors (Lipinski definition) is 3. The number of rotatable bonds is 5. The molecule has 1 atom stereocenters. The molecule has 0 bridgehead atoms. The molecule has 158 valence electrons. The van der Waals surface area contributed by atoms with Crippen LogP contribution in [0.15, 0.2) is 91.0 Å². The van der Waals surface area contributed by atoms with Crippen LogP contribution in [0, 0.1) is 5.92 Å². The number of carbonyl (C=O) groups excluding carboxylic acids is 1. The summed E-state index contributed by atoms with van der Waals surface area (Å²) >= 11 is 0. The summed E-state index contributed by atoms with van der Waals surface area (Å²) in [4.78, 5) is 13.4. The molecule has 1 aliphatic carbocycles. The van der Waals surface area contributed by atoms with E-state index in [1.165, 1.54) is 11.1 Å². The maximum absolute atomic E-state index is 13.4. The Balaban J connectivity index is 1.53. The van der Waals surface area contributed by atoms with Gasteiger partial charge in [0, 0.05) is 11.5 Å². The van der Waals surface area contributed by atoms with Crippen molar-refractivity contribution in [3.63, 3.8) is 0 Å². The number of hydrogen-bond donors (Lipinski definition) is 2. The molecule has 0 aromatic heterocycles. The zero-order chi connectivity index (χ0) is 22.1. The molecule has 0 fully saturated rings. The number of phenolic OH excluding ortho intramolecular Hbond substituents is 2. The first-order chi connectivity index (χ1) is 15.6. The Morgan fingerprint density at radius 1 is 0.719 bits per heavy atom. The third-order valence-corrected chi connectivity index (χ3v) is 6.29. The van der Waals surface area contributed by atoms with Crippen molar-refractivity contribution >= 4 is 5.78 Å². The molecule has 0 radical (unpaired) electrons. The van der Waals surface area contributed by atoms with Gasteiger partial charge in [-0.3, -0.25) is 4.79 Å². The summed E-state index contributed by atoms with van der Waals surface area (Å²) in [6.45, 7) is 0. The van der Waals surface area contributed by atoms with Crippen molar-refractivity contribution < 1.29 is 15.0 Å². The fourth-order valence-electron chi connectivity index (χ4n) is 4.63. The average molecular weight is 421 g/mol. The van der Waals surface area contributed by atoms with Crippen LogP contribution < -0.4 is 0 Å². The molecule has 2 N–H and O–H groups in total. The summed E-state index contributed by atoms with van der Waals surface area (Å²) in [5, 5.41) is 19.2. The Bertz CT molecular complexity index is 1260. The summed E-state index contributed by atoms with van der Waals surface area (Å²) in [6, 6.07) is 28.8. The Kier molecular flexibility index (Phi) is 5.24. The summed E-state index contributed by atoms with van der Waals surface area (Å²) < 4.78 is 0. The SMILES string of the molecule is O=C1c2cc(-c3ccc(O)cc3)cc(Cc3ccccc3)c2CC1Cc1ccc(O)cc1. The zero-order valence-corrected chi connectivity index (χ0v) is 17.7. The van der Waals surface area contributed by atoms with Gasteiger partial charge in [0.2, 0.25) is 0 Å². The molecular formula is C29H24O3. The highest BCUT2D eigenvalue weighted by molar-refractivity contribution is 6.04. The summed E-state index contributed by atoms with van der Waals surface area (Å²) in [5.74, 6) is 0.546. The topological polar surface area (TPSA) is 57.5 Å². The van der Waals surface area contributed by atoms with Gasteiger partial charge in [0.25, 0.3) is 0 Å². The van der Waals surface area contributed by atoms with Crippen LogP contribution in [0.5, 0.6) is 11.5 Å². The van der Waals surface area contributed by atoms with Crippen LogP contribution in [0.3, 0.4) is 0 Å². The third-order valence-electron chi connectivity index (χ3n) is 6.29. The van der Waals surface area contributed by atoms with Crippen LogP contribution in [-0.4, -0.2) is 16.0 Å². The van der Waals surface area contributed by atoms with Crippen LogP contribution in [0.1, 0.15) is 32.6 Å². The Morgan fingerprint density at radius 2 is 1.38 bits per heavy atom. The summed E-state index contributed by atoms with van der Waals surface area (Å²) in [6.07, 6.45) is 2.16. The predicted molar refractivity (Wildman–Crippen MR) is 126 cm³/mol. The highest BCUT2D eigenvalue weighted by Crippen LogP contribution is 2.37. The number of Topliss-reactive ketones (excluding diaryl/α,β-unsaturated/α-hetero) is 1. The number of phenols is 2. The number of benzene rings is 4. The van der Waals surface area contributed by atoms with Crippen LogP contribution >= 0.6 is 0 Å². The van der Waals surface area contributed by atoms with Gasteiger partial charge >= 0.3 is 0 Å². The van der Waals surface area contributed by atoms with E-state index in [-0.39, 0.29) is 23.2 Å². The van der Waals surface area contributed by atoms with Crippen molar-refractivity contribution in [3.05, 3.63) is 119 Å². The van der Waals surface area contributed by atoms with E-state index in [1.54, 1.807) is 24.3 Å². The minimum Gasteiger partial charge on any atom is -0.508 e. The highest BCUT2D eigenvalue weighted by Gasteiger charge is 2.32. The van der Waals surface area contributed by atoms with E-state index in [1.807, 2.05) is 48.5 Å². The van der Waals surface area contributed by atoms with Crippen LogP contribution in [0.4, 0.5) is 0 Å². The van der Waals surface area contributed by atoms with Crippen molar-refractivity contribution in [2.45, 2.75) is 19.3 Å². The predicted octanol–water partition coefficient (Wildman–Crippen LogP) is 5.95. The first-order valence-electron chi connectivity index (χ1n) is 10.9. The average Bonchev–Trinajstić information content (AvgIpc) is 3.12. The quantitative estimate of drug-likeness (QED) is 0.419. The number of aromatic hydroxyl groups is 2. The van der Waals surface area contributed by atoms with Crippen molar-refractivity contribution in [3.8, 4) is 22.6 Å². The van der Waals surface area contributed by atoms with E-state index >= 15 is 0 Å². The lowest BCUT2D eigenvalue weighted by Crippen LogP contribution is -2.12. The standard InChI is InChI=1S/C29H24O3/c30-25-10-6-20(7-11-25)15-24-18-27-23(14-19-4-2-1-3-5-19)16-22(17-28(27)29(24)32)21-8-12-26(31)13-9-21/h1-13,16-17,24,30-31H,14-15,18H2. The van der Waals surface area contributed by atoms with Crippen molar-refractivity contribution in [1.82, 2.24) is 0 Å². The molecule has 0 amide bonds. The van der Waals surface area contributed by atoms with E-state index in [0.717, 1.165) is 40.7 Å². The second-order valence-electron chi connectivity index (χ2n) is 8.51. The van der Waals surface area contributed by atoms with Crippen LogP contribution in [-0.2, 0) is 19.3 Å². The van der Waals surface area contributed by atoms with E-state index in [9.17, 15) is 15.0 Å². The Labute approximate surface area is 187 Å². The van der Waals surface area contributed by atoms with Gasteiger partial charge in [-0.05, 0) is 83.0 Å². The van der Waals surface area contributed by atoms with Gasteiger partial charge in [0.15, 0.2) is 5.78 Å². The number of ketones is 1. The first kappa shape index (κ1) is 20.1. The highest BCUT2D eigenvalue weighted by atomic mass is 16.3. The maximum Gasteiger partial charge on any atom is 0.166 e. The largest absolute Gasteiger partial charge is 0.508 e. The second kappa shape index (κ2) is 8.35. The lowest BCUT2D eigenvalue weighted by Gasteiger charge is -2.12. The molecule has 3 heteroatoms. The van der Waals surface area contributed by atoms with E-state index < -0.39 is 0 Å². The number of carbonyl (C=O) groups is 1. The monoisotopic (exact) mass is 420 g/mol. The van der Waals surface area contributed by atoms with Gasteiger partial charge in [0.05, 0.1) is 0 Å². The molecule has 3 nitrogen and oxygen atoms in total. The molecule has 5 rings (SSSR count). The normalized spacial score (nSPS) is 15.0. The third kappa shape index (κ3) is 4.02. The van der Waals surface area contributed by atoms with Gasteiger partial charge in [-0.25, -0.2) is 0 Å². The van der Waals surface area contributed by atoms with Gasteiger partial charge in [0.1, 0.15) is 11.5 Å².